The molecule has 0 atom stereocenters. The molecule has 0 spiro atoms. The van der Waals surface area contributed by atoms with Crippen LogP contribution in [0.4, 0.5) is 4.79 Å². The van der Waals surface area contributed by atoms with Crippen molar-refractivity contribution in [3.05, 3.63) is 43.9 Å². The first-order valence-electron chi connectivity index (χ1n) is 9.41. The summed E-state index contributed by atoms with van der Waals surface area (Å²) in [6.07, 6.45) is 1.30. The lowest BCUT2D eigenvalue weighted by molar-refractivity contribution is 0.0204. The van der Waals surface area contributed by atoms with Gasteiger partial charge in [-0.05, 0) is 68.3 Å². The second kappa shape index (κ2) is 7.06. The third-order valence-corrected chi connectivity index (χ3v) is 5.88. The zero-order valence-electron chi connectivity index (χ0n) is 16.2. The largest absolute Gasteiger partial charge is 0.444 e. The minimum atomic E-state index is -0.496. The standard InChI is InChI=1S/C20H23IN4O3/c1-20(2,3)28-19(27)24-9-7-12(8-10-24)15-11-16(26)25-18(22-15)17-13(21)5-4-6-14(17)23-25/h4-6,11-12,22H,7-10H2,1-3H3. The molecule has 1 aromatic carbocycles. The number of hydrogen-bond acceptors (Lipinski definition) is 4. The van der Waals surface area contributed by atoms with Crippen molar-refractivity contribution in [1.82, 2.24) is 19.5 Å². The Morgan fingerprint density at radius 1 is 1.29 bits per heavy atom. The number of halogens is 1. The second-order valence-corrected chi connectivity index (χ2v) is 9.36. The Balaban J connectivity index is 1.60. The highest BCUT2D eigenvalue weighted by Crippen LogP contribution is 2.29. The molecular weight excluding hydrogens is 471 g/mol. The first-order valence-corrected chi connectivity index (χ1v) is 10.5. The average molecular weight is 494 g/mol. The molecule has 7 nitrogen and oxygen atoms in total. The number of carbonyl (C=O) groups is 1. The van der Waals surface area contributed by atoms with Gasteiger partial charge in [-0.1, -0.05) is 6.07 Å². The van der Waals surface area contributed by atoms with Crippen LogP contribution in [0.3, 0.4) is 0 Å². The molecule has 0 saturated carbocycles. The minimum absolute atomic E-state index is 0.134. The number of amides is 1. The van der Waals surface area contributed by atoms with Gasteiger partial charge in [0.1, 0.15) is 11.2 Å². The van der Waals surface area contributed by atoms with Crippen LogP contribution < -0.4 is 5.56 Å². The van der Waals surface area contributed by atoms with Crippen LogP contribution in [0.15, 0.2) is 29.1 Å². The second-order valence-electron chi connectivity index (χ2n) is 8.20. The third kappa shape index (κ3) is 3.61. The molecule has 4 rings (SSSR count). The van der Waals surface area contributed by atoms with Gasteiger partial charge in [0.05, 0.1) is 10.9 Å². The zero-order valence-corrected chi connectivity index (χ0v) is 18.3. The molecule has 1 N–H and O–H groups in total. The summed E-state index contributed by atoms with van der Waals surface area (Å²) in [5.74, 6) is 0.197. The molecule has 8 heteroatoms. The molecule has 148 valence electrons. The molecule has 1 amide bonds. The Bertz CT molecular complexity index is 1100. The van der Waals surface area contributed by atoms with Crippen molar-refractivity contribution in [3.8, 4) is 0 Å². The summed E-state index contributed by atoms with van der Waals surface area (Å²) in [5, 5.41) is 5.40. The Hall–Kier alpha value is -2.10. The number of aromatic amines is 1. The molecule has 1 fully saturated rings. The van der Waals surface area contributed by atoms with Gasteiger partial charge in [-0.3, -0.25) is 4.79 Å². The van der Waals surface area contributed by atoms with E-state index in [1.54, 1.807) is 11.0 Å². The van der Waals surface area contributed by atoms with Crippen LogP contribution >= 0.6 is 22.6 Å². The average Bonchev–Trinajstić information content (AvgIpc) is 3.01. The molecular formula is C20H23IN4O3. The quantitative estimate of drug-likeness (QED) is 0.521. The monoisotopic (exact) mass is 494 g/mol. The maximum Gasteiger partial charge on any atom is 0.410 e. The number of H-pyrrole nitrogens is 1. The Morgan fingerprint density at radius 2 is 2.00 bits per heavy atom. The number of nitrogens with one attached hydrogen (secondary N) is 1. The molecule has 2 aromatic heterocycles. The summed E-state index contributed by atoms with van der Waals surface area (Å²) in [6, 6.07) is 7.50. The number of rotatable bonds is 1. The fourth-order valence-corrected chi connectivity index (χ4v) is 4.39. The van der Waals surface area contributed by atoms with Crippen molar-refractivity contribution in [2.75, 3.05) is 13.1 Å². The van der Waals surface area contributed by atoms with Crippen molar-refractivity contribution in [3.63, 3.8) is 0 Å². The molecule has 28 heavy (non-hydrogen) atoms. The summed E-state index contributed by atoms with van der Waals surface area (Å²) in [6.45, 7) is 6.84. The number of ether oxygens (including phenoxy) is 1. The van der Waals surface area contributed by atoms with Gasteiger partial charge in [-0.2, -0.15) is 9.61 Å². The lowest BCUT2D eigenvalue weighted by atomic mass is 9.93. The van der Waals surface area contributed by atoms with E-state index in [9.17, 15) is 9.59 Å². The lowest BCUT2D eigenvalue weighted by Crippen LogP contribution is -2.41. The van der Waals surface area contributed by atoms with Gasteiger partial charge < -0.3 is 14.6 Å². The Kier molecular flexibility index (Phi) is 4.84. The number of aromatic nitrogens is 3. The van der Waals surface area contributed by atoms with Gasteiger partial charge in [0.25, 0.3) is 5.56 Å². The lowest BCUT2D eigenvalue weighted by Gasteiger charge is -2.33. The van der Waals surface area contributed by atoms with E-state index in [0.29, 0.717) is 13.1 Å². The van der Waals surface area contributed by atoms with Crippen LogP contribution in [0.5, 0.6) is 0 Å². The molecule has 3 heterocycles. The van der Waals surface area contributed by atoms with Gasteiger partial charge in [0.15, 0.2) is 0 Å². The zero-order chi connectivity index (χ0) is 20.1. The van der Waals surface area contributed by atoms with Crippen LogP contribution in [-0.4, -0.2) is 44.3 Å². The molecule has 1 saturated heterocycles. The van der Waals surface area contributed by atoms with Gasteiger partial charge >= 0.3 is 6.09 Å². The Morgan fingerprint density at radius 3 is 2.68 bits per heavy atom. The van der Waals surface area contributed by atoms with E-state index in [-0.39, 0.29) is 17.6 Å². The molecule has 1 aliphatic rings. The number of nitrogens with zero attached hydrogens (tertiary/aromatic N) is 3. The van der Waals surface area contributed by atoms with Crippen molar-refractivity contribution in [2.45, 2.75) is 45.1 Å². The smallest absolute Gasteiger partial charge is 0.410 e. The summed E-state index contributed by atoms with van der Waals surface area (Å²) < 4.78 is 7.95. The highest BCUT2D eigenvalue weighted by Gasteiger charge is 2.28. The van der Waals surface area contributed by atoms with Gasteiger partial charge in [0, 0.05) is 34.3 Å². The normalized spacial score (nSPS) is 16.1. The van der Waals surface area contributed by atoms with E-state index < -0.39 is 5.60 Å². The summed E-state index contributed by atoms with van der Waals surface area (Å²) in [7, 11) is 0. The van der Waals surface area contributed by atoms with Crippen LogP contribution in [0.2, 0.25) is 0 Å². The molecule has 1 aliphatic heterocycles. The summed E-state index contributed by atoms with van der Waals surface area (Å²) >= 11 is 2.27. The predicted molar refractivity (Wildman–Crippen MR) is 116 cm³/mol. The van der Waals surface area contributed by atoms with E-state index >= 15 is 0 Å². The number of carbonyl (C=O) groups excluding carboxylic acids is 1. The Labute approximate surface area is 176 Å². The molecule has 0 radical (unpaired) electrons. The van der Waals surface area contributed by atoms with Crippen LogP contribution in [0.1, 0.15) is 45.2 Å². The van der Waals surface area contributed by atoms with Crippen LogP contribution in [-0.2, 0) is 4.74 Å². The van der Waals surface area contributed by atoms with E-state index in [1.807, 2.05) is 39.0 Å². The van der Waals surface area contributed by atoms with E-state index in [2.05, 4.69) is 32.7 Å². The van der Waals surface area contributed by atoms with Crippen LogP contribution in [0.25, 0.3) is 16.6 Å². The number of piperidine rings is 1. The van der Waals surface area contributed by atoms with Gasteiger partial charge in [-0.15, -0.1) is 0 Å². The third-order valence-electron chi connectivity index (χ3n) is 4.98. The minimum Gasteiger partial charge on any atom is -0.444 e. The van der Waals surface area contributed by atoms with Crippen LogP contribution in [0, 0.1) is 3.57 Å². The van der Waals surface area contributed by atoms with Gasteiger partial charge in [0.2, 0.25) is 0 Å². The number of fused-ring (bicyclic) bond motifs is 3. The topological polar surface area (TPSA) is 79.7 Å². The molecule has 0 bridgehead atoms. The fourth-order valence-electron chi connectivity index (χ4n) is 3.66. The molecule has 3 aromatic rings. The van der Waals surface area contributed by atoms with Crippen molar-refractivity contribution in [2.24, 2.45) is 0 Å². The highest BCUT2D eigenvalue weighted by molar-refractivity contribution is 14.1. The van der Waals surface area contributed by atoms with E-state index in [4.69, 9.17) is 4.74 Å². The fraction of sp³-hybridized carbons (Fsp3) is 0.450. The maximum absolute atomic E-state index is 12.6. The van der Waals surface area contributed by atoms with Gasteiger partial charge in [-0.25, -0.2) is 4.79 Å². The number of benzene rings is 1. The predicted octanol–water partition coefficient (Wildman–Crippen LogP) is 3.89. The SMILES string of the molecule is CC(C)(C)OC(=O)N1CCC(c2cc(=O)n3nc4cccc(I)c4c3[nH]2)CC1. The van der Waals surface area contributed by atoms with Crippen molar-refractivity contribution < 1.29 is 9.53 Å². The van der Waals surface area contributed by atoms with Crippen molar-refractivity contribution in [1.29, 1.82) is 0 Å². The highest BCUT2D eigenvalue weighted by atomic mass is 127. The molecule has 0 aliphatic carbocycles. The van der Waals surface area contributed by atoms with Crippen molar-refractivity contribution >= 4 is 45.2 Å². The molecule has 0 unspecified atom stereocenters. The number of hydrogen-bond donors (Lipinski definition) is 1. The number of likely N-dealkylation sites (tertiary alicyclic amines) is 1. The van der Waals surface area contributed by atoms with E-state index in [1.165, 1.54) is 4.52 Å². The first-order chi connectivity index (χ1) is 13.2. The van der Waals surface area contributed by atoms with E-state index in [0.717, 1.165) is 38.7 Å². The maximum atomic E-state index is 12.6. The first kappa shape index (κ1) is 19.2. The summed E-state index contributed by atoms with van der Waals surface area (Å²) in [4.78, 5) is 30.1. The summed E-state index contributed by atoms with van der Waals surface area (Å²) in [5.41, 5.74) is 1.81.